The van der Waals surface area contributed by atoms with Gasteiger partial charge < -0.3 is 10.4 Å². The Kier molecular flexibility index (Phi) is 3.63. The summed E-state index contributed by atoms with van der Waals surface area (Å²) >= 11 is 0. The molecule has 0 unspecified atom stereocenters. The molecule has 0 aromatic carbocycles. The molecule has 1 saturated heterocycles. The van der Waals surface area contributed by atoms with Gasteiger partial charge in [0.25, 0.3) is 0 Å². The van der Waals surface area contributed by atoms with Gasteiger partial charge >= 0.3 is 0 Å². The van der Waals surface area contributed by atoms with Crippen LogP contribution in [0.3, 0.4) is 0 Å². The Balaban J connectivity index is 0.000000810. The number of nitrogens with one attached hydrogen (secondary N) is 1. The van der Waals surface area contributed by atoms with E-state index in [-0.39, 0.29) is 24.0 Å². The minimum absolute atomic E-state index is 0. The van der Waals surface area contributed by atoms with Crippen LogP contribution < -0.4 is 5.32 Å². The van der Waals surface area contributed by atoms with Crippen molar-refractivity contribution in [1.29, 1.82) is 0 Å². The van der Waals surface area contributed by atoms with Crippen molar-refractivity contribution in [2.45, 2.75) is 38.3 Å². The number of hydrogen-bond donors (Lipinski definition) is 2. The standard InChI is InChI=1S/C7H15NO.ClH/c1-7(2)5-6(9)3-4-8-7;/h6,8-9H,3-5H2,1-2H3;1H/t6-;/m0./s1. The average molecular weight is 166 g/mol. The minimum atomic E-state index is -0.0822. The summed E-state index contributed by atoms with van der Waals surface area (Å²) in [5.74, 6) is 0. The first-order valence-corrected chi connectivity index (χ1v) is 3.53. The Hall–Kier alpha value is 0.210. The van der Waals surface area contributed by atoms with Crippen molar-refractivity contribution < 1.29 is 5.11 Å². The van der Waals surface area contributed by atoms with Crippen LogP contribution in [0, 0.1) is 0 Å². The van der Waals surface area contributed by atoms with Gasteiger partial charge in [-0.2, -0.15) is 0 Å². The molecule has 0 amide bonds. The Morgan fingerprint density at radius 3 is 2.40 bits per heavy atom. The average Bonchev–Trinajstić information content (AvgIpc) is 1.60. The van der Waals surface area contributed by atoms with Crippen molar-refractivity contribution in [2.24, 2.45) is 0 Å². The summed E-state index contributed by atoms with van der Waals surface area (Å²) < 4.78 is 0. The van der Waals surface area contributed by atoms with E-state index in [4.69, 9.17) is 0 Å². The fraction of sp³-hybridized carbons (Fsp3) is 1.00. The van der Waals surface area contributed by atoms with Crippen molar-refractivity contribution >= 4 is 12.4 Å². The van der Waals surface area contributed by atoms with Crippen LogP contribution in [0.15, 0.2) is 0 Å². The zero-order valence-electron chi connectivity index (χ0n) is 6.55. The van der Waals surface area contributed by atoms with Crippen molar-refractivity contribution in [3.05, 3.63) is 0 Å². The highest BCUT2D eigenvalue weighted by Gasteiger charge is 2.25. The summed E-state index contributed by atoms with van der Waals surface area (Å²) in [5, 5.41) is 12.5. The first-order valence-electron chi connectivity index (χ1n) is 3.53. The van der Waals surface area contributed by atoms with Crippen LogP contribution >= 0.6 is 12.4 Å². The molecule has 0 aromatic rings. The van der Waals surface area contributed by atoms with Crippen molar-refractivity contribution in [3.63, 3.8) is 0 Å². The number of piperidine rings is 1. The second-order valence-electron chi connectivity index (χ2n) is 3.46. The molecule has 10 heavy (non-hydrogen) atoms. The van der Waals surface area contributed by atoms with Gasteiger partial charge in [-0.05, 0) is 33.2 Å². The van der Waals surface area contributed by atoms with E-state index in [1.807, 2.05) is 0 Å². The zero-order chi connectivity index (χ0) is 6.91. The first kappa shape index (κ1) is 10.2. The lowest BCUT2D eigenvalue weighted by Crippen LogP contribution is -2.47. The van der Waals surface area contributed by atoms with Crippen molar-refractivity contribution in [1.82, 2.24) is 5.32 Å². The van der Waals surface area contributed by atoms with Crippen LogP contribution in [0.1, 0.15) is 26.7 Å². The first-order chi connectivity index (χ1) is 4.10. The van der Waals surface area contributed by atoms with Crippen LogP contribution in [-0.4, -0.2) is 23.3 Å². The van der Waals surface area contributed by atoms with E-state index in [1.54, 1.807) is 0 Å². The van der Waals surface area contributed by atoms with E-state index in [1.165, 1.54) is 0 Å². The summed E-state index contributed by atoms with van der Waals surface area (Å²) in [6, 6.07) is 0. The zero-order valence-corrected chi connectivity index (χ0v) is 7.37. The summed E-state index contributed by atoms with van der Waals surface area (Å²) in [7, 11) is 0. The van der Waals surface area contributed by atoms with Gasteiger partial charge in [0.05, 0.1) is 6.10 Å². The van der Waals surface area contributed by atoms with Crippen molar-refractivity contribution in [2.75, 3.05) is 6.54 Å². The highest BCUT2D eigenvalue weighted by Crippen LogP contribution is 2.17. The Morgan fingerprint density at radius 1 is 1.50 bits per heavy atom. The molecule has 1 atom stereocenters. The summed E-state index contributed by atoms with van der Waals surface area (Å²) in [5.41, 5.74) is 0.150. The smallest absolute Gasteiger partial charge is 0.0569 e. The van der Waals surface area contributed by atoms with Crippen LogP contribution in [-0.2, 0) is 0 Å². The number of aliphatic hydroxyl groups excluding tert-OH is 1. The van der Waals surface area contributed by atoms with Gasteiger partial charge in [0.2, 0.25) is 0 Å². The van der Waals surface area contributed by atoms with Gasteiger partial charge in [-0.15, -0.1) is 12.4 Å². The third kappa shape index (κ3) is 2.86. The van der Waals surface area contributed by atoms with Crippen LogP contribution in [0.4, 0.5) is 0 Å². The molecule has 1 heterocycles. The van der Waals surface area contributed by atoms with Crippen LogP contribution in [0.5, 0.6) is 0 Å². The lowest BCUT2D eigenvalue weighted by Gasteiger charge is -2.33. The SMILES string of the molecule is CC1(C)C[C@@H](O)CCN1.Cl. The molecule has 3 heteroatoms. The molecule has 1 rings (SSSR count). The highest BCUT2D eigenvalue weighted by atomic mass is 35.5. The van der Waals surface area contributed by atoms with Gasteiger partial charge in [0.15, 0.2) is 0 Å². The molecule has 62 valence electrons. The summed E-state index contributed by atoms with van der Waals surface area (Å²) in [6.45, 7) is 5.19. The number of hydrogen-bond acceptors (Lipinski definition) is 2. The molecule has 2 nitrogen and oxygen atoms in total. The molecule has 0 radical (unpaired) electrons. The topological polar surface area (TPSA) is 32.3 Å². The maximum atomic E-state index is 9.20. The lowest BCUT2D eigenvalue weighted by molar-refractivity contribution is 0.0913. The molecular weight excluding hydrogens is 150 g/mol. The van der Waals surface area contributed by atoms with Gasteiger partial charge in [-0.3, -0.25) is 0 Å². The van der Waals surface area contributed by atoms with Gasteiger partial charge in [-0.25, -0.2) is 0 Å². The van der Waals surface area contributed by atoms with E-state index in [0.717, 1.165) is 19.4 Å². The van der Waals surface area contributed by atoms with E-state index in [9.17, 15) is 5.11 Å². The van der Waals surface area contributed by atoms with E-state index in [0.29, 0.717) is 0 Å². The van der Waals surface area contributed by atoms with Crippen LogP contribution in [0.2, 0.25) is 0 Å². The normalized spacial score (nSPS) is 30.9. The quantitative estimate of drug-likeness (QED) is 0.560. The maximum absolute atomic E-state index is 9.20. The predicted octanol–water partition coefficient (Wildman–Crippen LogP) is 0.931. The fourth-order valence-corrected chi connectivity index (χ4v) is 1.34. The van der Waals surface area contributed by atoms with Gasteiger partial charge in [-0.1, -0.05) is 0 Å². The Labute approximate surface area is 68.4 Å². The molecular formula is C7H16ClNO. The number of aliphatic hydroxyl groups is 1. The van der Waals surface area contributed by atoms with Gasteiger partial charge in [0, 0.05) is 5.54 Å². The minimum Gasteiger partial charge on any atom is -0.393 e. The van der Waals surface area contributed by atoms with Crippen LogP contribution in [0.25, 0.3) is 0 Å². The maximum Gasteiger partial charge on any atom is 0.0569 e. The highest BCUT2D eigenvalue weighted by molar-refractivity contribution is 5.85. The van der Waals surface area contributed by atoms with E-state index in [2.05, 4.69) is 19.2 Å². The van der Waals surface area contributed by atoms with Crippen molar-refractivity contribution in [3.8, 4) is 0 Å². The summed E-state index contributed by atoms with van der Waals surface area (Å²) in [4.78, 5) is 0. The summed E-state index contributed by atoms with van der Waals surface area (Å²) in [6.07, 6.45) is 1.71. The molecule has 2 N–H and O–H groups in total. The molecule has 0 saturated carbocycles. The van der Waals surface area contributed by atoms with Gasteiger partial charge in [0.1, 0.15) is 0 Å². The Bertz CT molecular complexity index is 106. The predicted molar refractivity (Wildman–Crippen MR) is 44.6 cm³/mol. The van der Waals surface area contributed by atoms with E-state index >= 15 is 0 Å². The molecule has 1 fully saturated rings. The largest absolute Gasteiger partial charge is 0.393 e. The molecule has 0 aliphatic carbocycles. The number of halogens is 1. The monoisotopic (exact) mass is 165 g/mol. The molecule has 0 bridgehead atoms. The Morgan fingerprint density at radius 2 is 2.10 bits per heavy atom. The second-order valence-corrected chi connectivity index (χ2v) is 3.46. The molecule has 1 aliphatic rings. The molecule has 1 aliphatic heterocycles. The van der Waals surface area contributed by atoms with E-state index < -0.39 is 0 Å². The number of rotatable bonds is 0. The molecule has 0 aromatic heterocycles. The third-order valence-corrected chi connectivity index (χ3v) is 1.83. The fourth-order valence-electron chi connectivity index (χ4n) is 1.34. The lowest BCUT2D eigenvalue weighted by atomic mass is 9.91. The molecule has 0 spiro atoms. The second kappa shape index (κ2) is 3.56. The third-order valence-electron chi connectivity index (χ3n) is 1.83.